The van der Waals surface area contributed by atoms with Gasteiger partial charge in [-0.2, -0.15) is 0 Å². The van der Waals surface area contributed by atoms with Gasteiger partial charge in [0.1, 0.15) is 0 Å². The van der Waals surface area contributed by atoms with E-state index in [0.29, 0.717) is 19.3 Å². The van der Waals surface area contributed by atoms with E-state index in [1.807, 2.05) is 20.8 Å². The number of aliphatic hydroxyl groups excluding tert-OH is 1. The van der Waals surface area contributed by atoms with Crippen molar-refractivity contribution in [2.45, 2.75) is 57.8 Å². The van der Waals surface area contributed by atoms with Crippen molar-refractivity contribution < 1.29 is 14.6 Å². The van der Waals surface area contributed by atoms with E-state index in [1.165, 1.54) is 12.8 Å². The van der Waals surface area contributed by atoms with Gasteiger partial charge in [-0.1, -0.05) is 0 Å². The van der Waals surface area contributed by atoms with Crippen molar-refractivity contribution in [1.29, 1.82) is 0 Å². The van der Waals surface area contributed by atoms with Crippen LogP contribution in [-0.4, -0.2) is 49.2 Å². The summed E-state index contributed by atoms with van der Waals surface area (Å²) in [4.78, 5) is 0. The molecule has 1 fully saturated rings. The molecule has 0 aromatic carbocycles. The first-order chi connectivity index (χ1) is 7.97. The molecule has 1 saturated heterocycles. The summed E-state index contributed by atoms with van der Waals surface area (Å²) in [7, 11) is 0. The smallest absolute Gasteiger partial charge is 0.0897 e. The highest BCUT2D eigenvalue weighted by atomic mass is 16.5. The Hall–Kier alpha value is -0.160. The van der Waals surface area contributed by atoms with Crippen LogP contribution in [0.2, 0.25) is 0 Å². The van der Waals surface area contributed by atoms with Crippen LogP contribution in [0.1, 0.15) is 40.0 Å². The molecule has 0 bridgehead atoms. The summed E-state index contributed by atoms with van der Waals surface area (Å²) in [6, 6.07) is 0. The van der Waals surface area contributed by atoms with Gasteiger partial charge in [-0.25, -0.2) is 0 Å². The fraction of sp³-hybridized carbons (Fsp3) is 1.00. The normalized spacial score (nSPS) is 23.6. The van der Waals surface area contributed by atoms with Crippen molar-refractivity contribution in [3.8, 4) is 0 Å². The molecule has 0 aliphatic carbocycles. The maximum absolute atomic E-state index is 9.71. The Bertz CT molecular complexity index is 197. The Kier molecular flexibility index (Phi) is 6.41. The van der Waals surface area contributed by atoms with E-state index >= 15 is 0 Å². The van der Waals surface area contributed by atoms with Gasteiger partial charge in [-0.3, -0.25) is 0 Å². The summed E-state index contributed by atoms with van der Waals surface area (Å²) in [5.41, 5.74) is -0.187. The quantitative estimate of drug-likeness (QED) is 0.741. The van der Waals surface area contributed by atoms with Crippen molar-refractivity contribution in [2.75, 3.05) is 26.3 Å². The van der Waals surface area contributed by atoms with Crippen LogP contribution >= 0.6 is 0 Å². The first-order valence-corrected chi connectivity index (χ1v) is 6.62. The number of hydrogen-bond acceptors (Lipinski definition) is 4. The minimum absolute atomic E-state index is 0.187. The monoisotopic (exact) mass is 245 g/mol. The first-order valence-electron chi connectivity index (χ1n) is 6.62. The van der Waals surface area contributed by atoms with Gasteiger partial charge in [-0.05, 0) is 40.0 Å². The van der Waals surface area contributed by atoms with E-state index < -0.39 is 6.10 Å². The average Bonchev–Trinajstić information content (AvgIpc) is 2.27. The summed E-state index contributed by atoms with van der Waals surface area (Å²) < 4.78 is 11.1. The third-order valence-corrected chi connectivity index (χ3v) is 2.73. The van der Waals surface area contributed by atoms with Crippen molar-refractivity contribution >= 4 is 0 Å². The molecule has 102 valence electrons. The Morgan fingerprint density at radius 3 is 2.76 bits per heavy atom. The van der Waals surface area contributed by atoms with Gasteiger partial charge in [0, 0.05) is 19.7 Å². The lowest BCUT2D eigenvalue weighted by atomic mass is 10.1. The van der Waals surface area contributed by atoms with E-state index in [2.05, 4.69) is 5.32 Å². The number of nitrogens with one attached hydrogen (secondary N) is 1. The molecule has 0 spiro atoms. The molecule has 0 amide bonds. The Morgan fingerprint density at radius 1 is 1.41 bits per heavy atom. The van der Waals surface area contributed by atoms with E-state index in [1.54, 1.807) is 0 Å². The highest BCUT2D eigenvalue weighted by Crippen LogP contribution is 2.11. The standard InChI is InChI=1S/C13H27NO3/c1-13(2,3)17-10-11(15)8-14-9-12-6-4-5-7-16-12/h11-12,14-15H,4-10H2,1-3H3. The van der Waals surface area contributed by atoms with Crippen LogP contribution in [0.15, 0.2) is 0 Å². The third-order valence-electron chi connectivity index (χ3n) is 2.73. The second-order valence-corrected chi connectivity index (χ2v) is 5.72. The predicted molar refractivity (Wildman–Crippen MR) is 68.2 cm³/mol. The van der Waals surface area contributed by atoms with Gasteiger partial charge >= 0.3 is 0 Å². The van der Waals surface area contributed by atoms with E-state index in [0.717, 1.165) is 19.6 Å². The van der Waals surface area contributed by atoms with Crippen LogP contribution in [-0.2, 0) is 9.47 Å². The lowest BCUT2D eigenvalue weighted by Gasteiger charge is -2.24. The molecule has 1 aliphatic rings. The molecule has 4 nitrogen and oxygen atoms in total. The highest BCUT2D eigenvalue weighted by molar-refractivity contribution is 4.69. The van der Waals surface area contributed by atoms with Gasteiger partial charge in [0.15, 0.2) is 0 Å². The maximum atomic E-state index is 9.71. The van der Waals surface area contributed by atoms with Gasteiger partial charge in [0.05, 0.1) is 24.4 Å². The molecular formula is C13H27NO3. The summed E-state index contributed by atoms with van der Waals surface area (Å²) in [6.45, 7) is 8.61. The molecule has 0 radical (unpaired) electrons. The summed E-state index contributed by atoms with van der Waals surface area (Å²) in [5.74, 6) is 0. The van der Waals surface area contributed by atoms with Gasteiger partial charge in [-0.15, -0.1) is 0 Å². The minimum Gasteiger partial charge on any atom is -0.389 e. The molecule has 0 aromatic heterocycles. The van der Waals surface area contributed by atoms with E-state index in [-0.39, 0.29) is 5.60 Å². The van der Waals surface area contributed by atoms with Crippen LogP contribution in [0.3, 0.4) is 0 Å². The highest BCUT2D eigenvalue weighted by Gasteiger charge is 2.15. The lowest BCUT2D eigenvalue weighted by Crippen LogP contribution is -2.38. The van der Waals surface area contributed by atoms with Crippen molar-refractivity contribution in [3.05, 3.63) is 0 Å². The zero-order chi connectivity index (χ0) is 12.7. The van der Waals surface area contributed by atoms with Crippen LogP contribution in [0, 0.1) is 0 Å². The molecule has 0 aromatic rings. The van der Waals surface area contributed by atoms with Crippen molar-refractivity contribution in [1.82, 2.24) is 5.32 Å². The van der Waals surface area contributed by atoms with Crippen LogP contribution in [0.5, 0.6) is 0 Å². The largest absolute Gasteiger partial charge is 0.389 e. The lowest BCUT2D eigenvalue weighted by molar-refractivity contribution is -0.0492. The predicted octanol–water partition coefficient (Wildman–Crippen LogP) is 1.32. The molecule has 1 rings (SSSR count). The minimum atomic E-state index is -0.446. The van der Waals surface area contributed by atoms with Crippen LogP contribution < -0.4 is 5.32 Å². The summed E-state index contributed by atoms with van der Waals surface area (Å²) in [6.07, 6.45) is 3.43. The van der Waals surface area contributed by atoms with Crippen molar-refractivity contribution in [3.63, 3.8) is 0 Å². The molecule has 17 heavy (non-hydrogen) atoms. The molecule has 2 N–H and O–H groups in total. The average molecular weight is 245 g/mol. The fourth-order valence-corrected chi connectivity index (χ4v) is 1.78. The van der Waals surface area contributed by atoms with Crippen molar-refractivity contribution in [2.24, 2.45) is 0 Å². The molecule has 2 atom stereocenters. The Balaban J connectivity index is 2.01. The fourth-order valence-electron chi connectivity index (χ4n) is 1.78. The second kappa shape index (κ2) is 7.31. The van der Waals surface area contributed by atoms with Gasteiger partial charge < -0.3 is 19.9 Å². The van der Waals surface area contributed by atoms with Gasteiger partial charge in [0.2, 0.25) is 0 Å². The summed E-state index contributed by atoms with van der Waals surface area (Å²) in [5, 5.41) is 12.9. The van der Waals surface area contributed by atoms with E-state index in [9.17, 15) is 5.11 Å². The molecule has 2 unspecified atom stereocenters. The topological polar surface area (TPSA) is 50.7 Å². The van der Waals surface area contributed by atoms with Gasteiger partial charge in [0.25, 0.3) is 0 Å². The Labute approximate surface area is 105 Å². The SMILES string of the molecule is CC(C)(C)OCC(O)CNCC1CCCCO1. The molecule has 1 aliphatic heterocycles. The first kappa shape index (κ1) is 14.9. The van der Waals surface area contributed by atoms with Crippen LogP contribution in [0.4, 0.5) is 0 Å². The zero-order valence-electron chi connectivity index (χ0n) is 11.4. The third kappa shape index (κ3) is 7.71. The summed E-state index contributed by atoms with van der Waals surface area (Å²) >= 11 is 0. The maximum Gasteiger partial charge on any atom is 0.0897 e. The molecule has 1 heterocycles. The molecular weight excluding hydrogens is 218 g/mol. The Morgan fingerprint density at radius 2 is 2.18 bits per heavy atom. The molecule has 0 saturated carbocycles. The number of hydrogen-bond donors (Lipinski definition) is 2. The second-order valence-electron chi connectivity index (χ2n) is 5.72. The number of ether oxygens (including phenoxy) is 2. The zero-order valence-corrected chi connectivity index (χ0v) is 11.4. The van der Waals surface area contributed by atoms with Crippen LogP contribution in [0.25, 0.3) is 0 Å². The molecule has 4 heteroatoms. The number of rotatable bonds is 6. The van der Waals surface area contributed by atoms with E-state index in [4.69, 9.17) is 9.47 Å². The number of aliphatic hydroxyl groups is 1.